The highest BCUT2D eigenvalue weighted by Crippen LogP contribution is 2.45. The van der Waals surface area contributed by atoms with E-state index in [0.717, 1.165) is 0 Å². The smallest absolute Gasteiger partial charge is 0.200 e. The van der Waals surface area contributed by atoms with E-state index in [4.69, 9.17) is 19.6 Å². The van der Waals surface area contributed by atoms with E-state index in [1.54, 1.807) is 31.2 Å². The number of nitrogens with two attached hydrogens (primary N) is 1. The Kier molecular flexibility index (Phi) is 5.49. The fraction of sp³-hybridized carbons (Fsp3) is 0.440. The van der Waals surface area contributed by atoms with Gasteiger partial charge in [-0.2, -0.15) is 0 Å². The molecule has 8 heteroatoms. The van der Waals surface area contributed by atoms with Crippen molar-refractivity contribution in [1.82, 2.24) is 0 Å². The van der Waals surface area contributed by atoms with Crippen LogP contribution in [0.15, 0.2) is 39.5 Å². The van der Waals surface area contributed by atoms with Crippen LogP contribution in [0.5, 0.6) is 5.75 Å². The Morgan fingerprint density at radius 1 is 1.21 bits per heavy atom. The Balaban J connectivity index is 1.64. The van der Waals surface area contributed by atoms with E-state index >= 15 is 0 Å². The molecule has 1 saturated heterocycles. The maximum atomic E-state index is 13.1. The summed E-state index contributed by atoms with van der Waals surface area (Å²) in [5, 5.41) is 21.7. The molecule has 0 saturated carbocycles. The van der Waals surface area contributed by atoms with Crippen molar-refractivity contribution in [2.24, 2.45) is 11.7 Å². The highest BCUT2D eigenvalue weighted by Gasteiger charge is 2.39. The number of hydrogen-bond acceptors (Lipinski definition) is 8. The van der Waals surface area contributed by atoms with Gasteiger partial charge in [-0.25, -0.2) is 0 Å². The highest BCUT2D eigenvalue weighted by molar-refractivity contribution is 5.93. The largest absolute Gasteiger partial charge is 0.508 e. The molecule has 1 aliphatic carbocycles. The number of ether oxygens (including phenoxy) is 2. The SMILES string of the molecule is CC(=O)[C@@H]1Cc2c(c(O)cc3c(=O)c4ccccc4oc23)[C@@H](OC2C[C@@H](N)[C@@H](O)C(C)O2)C1. The Hall–Kier alpha value is -2.78. The van der Waals surface area contributed by atoms with Gasteiger partial charge in [-0.15, -0.1) is 0 Å². The third kappa shape index (κ3) is 3.73. The van der Waals surface area contributed by atoms with Crippen molar-refractivity contribution in [2.45, 2.75) is 63.8 Å². The third-order valence-corrected chi connectivity index (χ3v) is 6.90. The number of rotatable bonds is 3. The van der Waals surface area contributed by atoms with Gasteiger partial charge in [0.1, 0.15) is 22.7 Å². The zero-order valence-corrected chi connectivity index (χ0v) is 18.5. The Morgan fingerprint density at radius 2 is 1.97 bits per heavy atom. The molecule has 2 aliphatic rings. The van der Waals surface area contributed by atoms with Gasteiger partial charge < -0.3 is 29.8 Å². The maximum absolute atomic E-state index is 13.1. The van der Waals surface area contributed by atoms with E-state index in [0.29, 0.717) is 40.5 Å². The molecule has 1 aliphatic heterocycles. The molecular formula is C25H27NO7. The van der Waals surface area contributed by atoms with E-state index in [1.807, 2.05) is 0 Å². The Bertz CT molecular complexity index is 1290. The van der Waals surface area contributed by atoms with Crippen molar-refractivity contribution in [2.75, 3.05) is 0 Å². The summed E-state index contributed by atoms with van der Waals surface area (Å²) in [7, 11) is 0. The van der Waals surface area contributed by atoms with Gasteiger partial charge in [-0.1, -0.05) is 12.1 Å². The van der Waals surface area contributed by atoms with E-state index in [-0.39, 0.29) is 34.7 Å². The van der Waals surface area contributed by atoms with Gasteiger partial charge in [0, 0.05) is 29.5 Å². The van der Waals surface area contributed by atoms with Crippen LogP contribution in [0.1, 0.15) is 43.9 Å². The number of aliphatic hydroxyl groups excluding tert-OH is 1. The molecule has 6 atom stereocenters. The van der Waals surface area contributed by atoms with E-state index < -0.39 is 30.6 Å². The van der Waals surface area contributed by atoms with Crippen LogP contribution in [0.25, 0.3) is 21.9 Å². The van der Waals surface area contributed by atoms with Crippen LogP contribution in [-0.4, -0.2) is 40.5 Å². The van der Waals surface area contributed by atoms with Gasteiger partial charge in [0.15, 0.2) is 6.29 Å². The van der Waals surface area contributed by atoms with E-state index in [1.165, 1.54) is 13.0 Å². The van der Waals surface area contributed by atoms with Crippen molar-refractivity contribution < 1.29 is 28.9 Å². The number of carbonyl (C=O) groups excluding carboxylic acids is 1. The topological polar surface area (TPSA) is 132 Å². The summed E-state index contributed by atoms with van der Waals surface area (Å²) in [6.07, 6.45) is -1.73. The van der Waals surface area contributed by atoms with Crippen molar-refractivity contribution in [3.8, 4) is 5.75 Å². The predicted molar refractivity (Wildman–Crippen MR) is 121 cm³/mol. The van der Waals surface area contributed by atoms with Gasteiger partial charge in [0.2, 0.25) is 5.43 Å². The first-order valence-electron chi connectivity index (χ1n) is 11.2. The van der Waals surface area contributed by atoms with Crippen LogP contribution in [0.3, 0.4) is 0 Å². The summed E-state index contributed by atoms with van der Waals surface area (Å²) in [6.45, 7) is 3.24. The molecule has 4 N–H and O–H groups in total. The van der Waals surface area contributed by atoms with Crippen LogP contribution in [0.2, 0.25) is 0 Å². The molecule has 5 rings (SSSR count). The predicted octanol–water partition coefficient (Wildman–Crippen LogP) is 2.68. The lowest BCUT2D eigenvalue weighted by Crippen LogP contribution is -2.52. The molecule has 33 heavy (non-hydrogen) atoms. The van der Waals surface area contributed by atoms with E-state index in [9.17, 15) is 19.8 Å². The number of Topliss-reactive ketones (excluding diaryl/α,β-unsaturated/α-hetero) is 1. The summed E-state index contributed by atoms with van der Waals surface area (Å²) in [5.74, 6) is -0.469. The standard InChI is InChI=1S/C25H27NO7/c1-11(27)13-7-15-22(20(8-13)32-21-10-17(26)23(29)12(2)31-21)18(28)9-16-24(30)14-5-3-4-6-19(14)33-25(15)16/h3-6,9,12-13,17,20-21,23,28-29H,7-8,10,26H2,1-2H3/t12?,13-,17-,20+,21?,23+/m1/s1. The fourth-order valence-corrected chi connectivity index (χ4v) is 5.06. The first-order chi connectivity index (χ1) is 15.7. The van der Waals surface area contributed by atoms with Crippen LogP contribution >= 0.6 is 0 Å². The minimum Gasteiger partial charge on any atom is -0.508 e. The molecule has 2 aromatic carbocycles. The minimum atomic E-state index is -0.798. The summed E-state index contributed by atoms with van der Waals surface area (Å²) in [4.78, 5) is 25.5. The summed E-state index contributed by atoms with van der Waals surface area (Å²) in [6, 6.07) is 7.84. The lowest BCUT2D eigenvalue weighted by molar-refractivity contribution is -0.243. The van der Waals surface area contributed by atoms with Gasteiger partial charge in [0.25, 0.3) is 0 Å². The average molecular weight is 453 g/mol. The highest BCUT2D eigenvalue weighted by atomic mass is 16.7. The molecule has 3 aromatic rings. The Labute approximate surface area is 189 Å². The second kappa shape index (κ2) is 8.22. The summed E-state index contributed by atoms with van der Waals surface area (Å²) in [5.41, 5.74) is 7.69. The molecule has 2 heterocycles. The Morgan fingerprint density at radius 3 is 2.70 bits per heavy atom. The zero-order chi connectivity index (χ0) is 23.4. The van der Waals surface area contributed by atoms with Gasteiger partial charge in [-0.3, -0.25) is 9.59 Å². The number of aromatic hydroxyl groups is 1. The zero-order valence-electron chi connectivity index (χ0n) is 18.5. The molecule has 1 aromatic heterocycles. The van der Waals surface area contributed by atoms with Crippen LogP contribution in [0, 0.1) is 5.92 Å². The molecule has 1 fully saturated rings. The molecule has 0 bridgehead atoms. The molecule has 0 radical (unpaired) electrons. The summed E-state index contributed by atoms with van der Waals surface area (Å²) < 4.78 is 18.2. The molecule has 8 nitrogen and oxygen atoms in total. The van der Waals surface area contributed by atoms with Crippen LogP contribution < -0.4 is 11.2 Å². The van der Waals surface area contributed by atoms with Crippen LogP contribution in [-0.2, 0) is 20.7 Å². The second-order valence-corrected chi connectivity index (χ2v) is 9.12. The monoisotopic (exact) mass is 453 g/mol. The lowest BCUT2D eigenvalue weighted by Gasteiger charge is -2.39. The van der Waals surface area contributed by atoms with Crippen molar-refractivity contribution in [3.63, 3.8) is 0 Å². The van der Waals surface area contributed by atoms with Crippen molar-refractivity contribution in [1.29, 1.82) is 0 Å². The van der Waals surface area contributed by atoms with Gasteiger partial charge >= 0.3 is 0 Å². The van der Waals surface area contributed by atoms with Gasteiger partial charge in [0.05, 0.1) is 29.1 Å². The number of ketones is 1. The number of fused-ring (bicyclic) bond motifs is 4. The number of hydrogen-bond donors (Lipinski definition) is 3. The molecule has 2 unspecified atom stereocenters. The quantitative estimate of drug-likeness (QED) is 0.516. The van der Waals surface area contributed by atoms with Crippen molar-refractivity contribution in [3.05, 3.63) is 51.7 Å². The number of carbonyl (C=O) groups is 1. The number of benzene rings is 2. The first kappa shape index (κ1) is 22.0. The molecule has 0 spiro atoms. The van der Waals surface area contributed by atoms with Crippen LogP contribution in [0.4, 0.5) is 0 Å². The van der Waals surface area contributed by atoms with Crippen molar-refractivity contribution >= 4 is 27.7 Å². The number of para-hydroxylation sites is 1. The number of phenols is 1. The molecule has 174 valence electrons. The van der Waals surface area contributed by atoms with E-state index in [2.05, 4.69) is 0 Å². The summed E-state index contributed by atoms with van der Waals surface area (Å²) >= 11 is 0. The van der Waals surface area contributed by atoms with Gasteiger partial charge in [-0.05, 0) is 44.9 Å². The molecule has 0 amide bonds. The minimum absolute atomic E-state index is 0.0149. The second-order valence-electron chi connectivity index (χ2n) is 9.12. The average Bonchev–Trinajstić information content (AvgIpc) is 2.78. The lowest BCUT2D eigenvalue weighted by atomic mass is 9.79. The maximum Gasteiger partial charge on any atom is 0.200 e. The fourth-order valence-electron chi connectivity index (χ4n) is 5.06. The third-order valence-electron chi connectivity index (χ3n) is 6.90. The molecular weight excluding hydrogens is 426 g/mol. The number of phenolic OH excluding ortho intramolecular Hbond substituents is 1. The number of aliphatic hydroxyl groups is 1. The normalized spacial score (nSPS) is 29.8. The first-order valence-corrected chi connectivity index (χ1v) is 11.2.